The monoisotopic (exact) mass is 294 g/mol. The number of hydrogen-bond acceptors (Lipinski definition) is 4. The van der Waals surface area contributed by atoms with E-state index < -0.39 is 0 Å². The van der Waals surface area contributed by atoms with Gasteiger partial charge in [0.05, 0.1) is 0 Å². The van der Waals surface area contributed by atoms with Gasteiger partial charge in [0.2, 0.25) is 0 Å². The minimum absolute atomic E-state index is 0.268. The van der Waals surface area contributed by atoms with Gasteiger partial charge in [0.15, 0.2) is 5.82 Å². The fourth-order valence-electron chi connectivity index (χ4n) is 2.03. The maximum Gasteiger partial charge on any atom is 0.180 e. The SMILES string of the molecule is Cc1nc(-c2ccccn2)nc(Nc2ccc(F)cc2)c1C. The molecule has 2 heterocycles. The van der Waals surface area contributed by atoms with Gasteiger partial charge in [0.25, 0.3) is 0 Å². The Kier molecular flexibility index (Phi) is 3.78. The lowest BCUT2D eigenvalue weighted by Crippen LogP contribution is -2.03. The normalized spacial score (nSPS) is 10.5. The molecule has 0 saturated heterocycles. The van der Waals surface area contributed by atoms with E-state index in [0.29, 0.717) is 17.3 Å². The molecular formula is C17H15FN4. The quantitative estimate of drug-likeness (QED) is 0.792. The lowest BCUT2D eigenvalue weighted by Gasteiger charge is -2.12. The Bertz CT molecular complexity index is 786. The van der Waals surface area contributed by atoms with E-state index in [0.717, 1.165) is 16.9 Å². The fraction of sp³-hybridized carbons (Fsp3) is 0.118. The first-order valence-electron chi connectivity index (χ1n) is 6.93. The number of benzene rings is 1. The minimum atomic E-state index is -0.268. The number of aromatic nitrogens is 3. The third-order valence-electron chi connectivity index (χ3n) is 3.39. The van der Waals surface area contributed by atoms with Crippen LogP contribution in [0.2, 0.25) is 0 Å². The van der Waals surface area contributed by atoms with Gasteiger partial charge >= 0.3 is 0 Å². The zero-order valence-electron chi connectivity index (χ0n) is 12.3. The van der Waals surface area contributed by atoms with E-state index in [9.17, 15) is 4.39 Å². The minimum Gasteiger partial charge on any atom is -0.340 e. The van der Waals surface area contributed by atoms with Gasteiger partial charge in [-0.2, -0.15) is 0 Å². The Morgan fingerprint density at radius 3 is 2.41 bits per heavy atom. The smallest absolute Gasteiger partial charge is 0.180 e. The number of rotatable bonds is 3. The first-order valence-corrected chi connectivity index (χ1v) is 6.93. The summed E-state index contributed by atoms with van der Waals surface area (Å²) in [5, 5.41) is 3.20. The summed E-state index contributed by atoms with van der Waals surface area (Å²) < 4.78 is 13.0. The fourth-order valence-corrected chi connectivity index (χ4v) is 2.03. The van der Waals surface area contributed by atoms with E-state index in [1.165, 1.54) is 12.1 Å². The third-order valence-corrected chi connectivity index (χ3v) is 3.39. The van der Waals surface area contributed by atoms with Gasteiger partial charge in [-0.3, -0.25) is 4.98 Å². The van der Waals surface area contributed by atoms with Crippen molar-refractivity contribution in [3.05, 3.63) is 65.7 Å². The molecule has 0 saturated carbocycles. The second-order valence-electron chi connectivity index (χ2n) is 4.95. The van der Waals surface area contributed by atoms with Crippen LogP contribution in [-0.4, -0.2) is 15.0 Å². The summed E-state index contributed by atoms with van der Waals surface area (Å²) >= 11 is 0. The largest absolute Gasteiger partial charge is 0.340 e. The zero-order valence-corrected chi connectivity index (χ0v) is 12.3. The lowest BCUT2D eigenvalue weighted by molar-refractivity contribution is 0.628. The van der Waals surface area contributed by atoms with Gasteiger partial charge in [-0.1, -0.05) is 6.07 Å². The molecule has 0 radical (unpaired) electrons. The number of nitrogens with zero attached hydrogens (tertiary/aromatic N) is 3. The van der Waals surface area contributed by atoms with Crippen LogP contribution < -0.4 is 5.32 Å². The molecule has 3 aromatic rings. The summed E-state index contributed by atoms with van der Waals surface area (Å²) in [6, 6.07) is 11.8. The molecule has 0 unspecified atom stereocenters. The van der Waals surface area contributed by atoms with E-state index >= 15 is 0 Å². The summed E-state index contributed by atoms with van der Waals surface area (Å²) in [5.74, 6) is 0.989. The molecule has 0 aliphatic heterocycles. The van der Waals surface area contributed by atoms with Crippen LogP contribution in [0.25, 0.3) is 11.5 Å². The van der Waals surface area contributed by atoms with Crippen LogP contribution in [0.4, 0.5) is 15.9 Å². The molecule has 110 valence electrons. The molecule has 1 aromatic carbocycles. The van der Waals surface area contributed by atoms with Crippen molar-refractivity contribution in [1.82, 2.24) is 15.0 Å². The van der Waals surface area contributed by atoms with Crippen LogP contribution in [0.15, 0.2) is 48.7 Å². The Morgan fingerprint density at radius 1 is 0.955 bits per heavy atom. The average Bonchev–Trinajstić information content (AvgIpc) is 2.54. The molecule has 1 N–H and O–H groups in total. The van der Waals surface area contributed by atoms with Gasteiger partial charge in [0.1, 0.15) is 17.3 Å². The van der Waals surface area contributed by atoms with Gasteiger partial charge in [-0.15, -0.1) is 0 Å². The van der Waals surface area contributed by atoms with Gasteiger partial charge in [-0.25, -0.2) is 14.4 Å². The van der Waals surface area contributed by atoms with Crippen LogP contribution in [0.5, 0.6) is 0 Å². The molecule has 0 spiro atoms. The Hall–Kier alpha value is -2.82. The van der Waals surface area contributed by atoms with E-state index in [2.05, 4.69) is 20.3 Å². The second-order valence-corrected chi connectivity index (χ2v) is 4.95. The number of halogens is 1. The standard InChI is InChI=1S/C17H15FN4/c1-11-12(2)20-17(15-5-3-4-10-19-15)22-16(11)21-14-8-6-13(18)7-9-14/h3-10H,1-2H3,(H,20,21,22). The van der Waals surface area contributed by atoms with Crippen LogP contribution in [0.1, 0.15) is 11.3 Å². The van der Waals surface area contributed by atoms with Crippen LogP contribution in [0.3, 0.4) is 0 Å². The topological polar surface area (TPSA) is 50.7 Å². The summed E-state index contributed by atoms with van der Waals surface area (Å²) in [7, 11) is 0. The molecule has 2 aromatic heterocycles. The van der Waals surface area contributed by atoms with E-state index in [1.54, 1.807) is 18.3 Å². The molecule has 0 aliphatic rings. The summed E-state index contributed by atoms with van der Waals surface area (Å²) in [6.45, 7) is 3.88. The number of pyridine rings is 1. The van der Waals surface area contributed by atoms with Crippen molar-refractivity contribution in [3.63, 3.8) is 0 Å². The van der Waals surface area contributed by atoms with Crippen molar-refractivity contribution >= 4 is 11.5 Å². The molecule has 3 rings (SSSR count). The highest BCUT2D eigenvalue weighted by molar-refractivity contribution is 5.63. The van der Waals surface area contributed by atoms with Crippen molar-refractivity contribution in [2.45, 2.75) is 13.8 Å². The molecule has 0 bridgehead atoms. The van der Waals surface area contributed by atoms with Gasteiger partial charge < -0.3 is 5.32 Å². The number of nitrogens with one attached hydrogen (secondary N) is 1. The van der Waals surface area contributed by atoms with Crippen molar-refractivity contribution in [3.8, 4) is 11.5 Å². The summed E-state index contributed by atoms with van der Waals surface area (Å²) in [6.07, 6.45) is 1.71. The molecule has 0 fully saturated rings. The maximum absolute atomic E-state index is 13.0. The molecule has 0 atom stereocenters. The Morgan fingerprint density at radius 2 is 1.73 bits per heavy atom. The highest BCUT2D eigenvalue weighted by Gasteiger charge is 2.10. The number of hydrogen-bond donors (Lipinski definition) is 1. The highest BCUT2D eigenvalue weighted by Crippen LogP contribution is 2.23. The molecular weight excluding hydrogens is 279 g/mol. The van der Waals surface area contributed by atoms with Crippen molar-refractivity contribution in [1.29, 1.82) is 0 Å². The van der Waals surface area contributed by atoms with Crippen LogP contribution in [0, 0.1) is 19.7 Å². The lowest BCUT2D eigenvalue weighted by atomic mass is 10.2. The van der Waals surface area contributed by atoms with Crippen molar-refractivity contribution in [2.24, 2.45) is 0 Å². The number of anilines is 2. The first kappa shape index (κ1) is 14.1. The van der Waals surface area contributed by atoms with E-state index in [-0.39, 0.29) is 5.82 Å². The predicted octanol–water partition coefficient (Wildman–Crippen LogP) is 4.04. The maximum atomic E-state index is 13.0. The summed E-state index contributed by atoms with van der Waals surface area (Å²) in [4.78, 5) is 13.3. The van der Waals surface area contributed by atoms with E-state index in [4.69, 9.17) is 0 Å². The number of aryl methyl sites for hydroxylation is 1. The molecule has 4 nitrogen and oxygen atoms in total. The van der Waals surface area contributed by atoms with Gasteiger partial charge in [-0.05, 0) is 50.2 Å². The predicted molar refractivity (Wildman–Crippen MR) is 84.4 cm³/mol. The van der Waals surface area contributed by atoms with E-state index in [1.807, 2.05) is 32.0 Å². The zero-order chi connectivity index (χ0) is 15.5. The molecule has 22 heavy (non-hydrogen) atoms. The summed E-state index contributed by atoms with van der Waals surface area (Å²) in [5.41, 5.74) is 3.31. The van der Waals surface area contributed by atoms with Crippen LogP contribution >= 0.6 is 0 Å². The average molecular weight is 294 g/mol. The molecule has 5 heteroatoms. The molecule has 0 aliphatic carbocycles. The van der Waals surface area contributed by atoms with Crippen molar-refractivity contribution in [2.75, 3.05) is 5.32 Å². The van der Waals surface area contributed by atoms with Crippen LogP contribution in [-0.2, 0) is 0 Å². The Labute approximate surface area is 128 Å². The highest BCUT2D eigenvalue weighted by atomic mass is 19.1. The third kappa shape index (κ3) is 2.93. The Balaban J connectivity index is 2.00. The van der Waals surface area contributed by atoms with Gasteiger partial charge in [0, 0.05) is 23.1 Å². The second kappa shape index (κ2) is 5.89. The van der Waals surface area contributed by atoms with Crippen molar-refractivity contribution < 1.29 is 4.39 Å². The molecule has 0 amide bonds. The first-order chi connectivity index (χ1) is 10.6.